The molecule has 1 aliphatic heterocycles. The van der Waals surface area contributed by atoms with Gasteiger partial charge in [0.25, 0.3) is 0 Å². The van der Waals surface area contributed by atoms with Crippen molar-refractivity contribution in [3.05, 3.63) is 0 Å². The molecule has 0 aromatic carbocycles. The molecule has 3 nitrogen and oxygen atoms in total. The molecule has 5 fully saturated rings. The third-order valence-electron chi connectivity index (χ3n) is 6.70. The highest BCUT2D eigenvalue weighted by atomic mass is 16.2. The highest BCUT2D eigenvalue weighted by Gasteiger charge is 2.55. The normalized spacial score (nSPS) is 52.3. The number of nitrogens with one attached hydrogen (secondary N) is 2. The minimum absolute atomic E-state index is 0.174. The first kappa shape index (κ1) is 12.2. The van der Waals surface area contributed by atoms with E-state index in [0.717, 1.165) is 42.6 Å². The lowest BCUT2D eigenvalue weighted by molar-refractivity contribution is -0.127. The largest absolute Gasteiger partial charge is 0.353 e. The van der Waals surface area contributed by atoms with E-state index < -0.39 is 0 Å². The van der Waals surface area contributed by atoms with Crippen molar-refractivity contribution in [2.45, 2.75) is 51.0 Å². The van der Waals surface area contributed by atoms with E-state index in [1.54, 1.807) is 0 Å². The van der Waals surface area contributed by atoms with Crippen molar-refractivity contribution in [1.29, 1.82) is 0 Å². The third-order valence-corrected chi connectivity index (χ3v) is 6.70. The van der Waals surface area contributed by atoms with E-state index in [4.69, 9.17) is 0 Å². The van der Waals surface area contributed by atoms with Gasteiger partial charge in [-0.25, -0.2) is 0 Å². The summed E-state index contributed by atoms with van der Waals surface area (Å²) in [6.07, 6.45) is 8.54. The molecular formula is C16H26N2O. The topological polar surface area (TPSA) is 41.1 Å². The Balaban J connectivity index is 1.61. The predicted molar refractivity (Wildman–Crippen MR) is 74.6 cm³/mol. The number of rotatable bonds is 2. The summed E-state index contributed by atoms with van der Waals surface area (Å²) < 4.78 is 0. The summed E-state index contributed by atoms with van der Waals surface area (Å²) in [5.41, 5.74) is 0.191. The van der Waals surface area contributed by atoms with Gasteiger partial charge in [-0.3, -0.25) is 4.79 Å². The van der Waals surface area contributed by atoms with Crippen molar-refractivity contribution >= 4 is 5.91 Å². The van der Waals surface area contributed by atoms with Gasteiger partial charge in [0, 0.05) is 12.1 Å². The zero-order valence-corrected chi connectivity index (χ0v) is 12.0. The summed E-state index contributed by atoms with van der Waals surface area (Å²) >= 11 is 0. The summed E-state index contributed by atoms with van der Waals surface area (Å²) in [7, 11) is 0. The minimum Gasteiger partial charge on any atom is -0.353 e. The maximum absolute atomic E-state index is 11.5. The number of carbonyl (C=O) groups excluding carboxylic acids is 1. The maximum Gasteiger partial charge on any atom is 0.234 e. The Morgan fingerprint density at radius 1 is 1.11 bits per heavy atom. The number of hydrogen-bond donors (Lipinski definition) is 2. The molecule has 4 aliphatic carbocycles. The Labute approximate surface area is 115 Å². The van der Waals surface area contributed by atoms with Gasteiger partial charge < -0.3 is 10.6 Å². The zero-order chi connectivity index (χ0) is 13.0. The fourth-order valence-electron chi connectivity index (χ4n) is 6.19. The molecule has 3 heteroatoms. The van der Waals surface area contributed by atoms with E-state index in [-0.39, 0.29) is 11.4 Å². The fraction of sp³-hybridized carbons (Fsp3) is 0.938. The van der Waals surface area contributed by atoms with Crippen LogP contribution in [-0.2, 0) is 4.79 Å². The van der Waals surface area contributed by atoms with Crippen LogP contribution >= 0.6 is 0 Å². The Bertz CT molecular complexity index is 354. The van der Waals surface area contributed by atoms with Crippen molar-refractivity contribution in [2.24, 2.45) is 29.6 Å². The standard InChI is InChI=1S/C16H26N2O/c1-2-16(9-17-14(19)8-18-16)15-12-4-10-3-11(6-12)7-13(15)5-10/h10-13,15,18H,2-9H2,1H3,(H,17,19). The third kappa shape index (κ3) is 1.77. The summed E-state index contributed by atoms with van der Waals surface area (Å²) in [4.78, 5) is 11.5. The second kappa shape index (κ2) is 4.21. The number of hydrogen-bond acceptors (Lipinski definition) is 2. The molecule has 0 aromatic heterocycles. The summed E-state index contributed by atoms with van der Waals surface area (Å²) in [6, 6.07) is 0. The Morgan fingerprint density at radius 3 is 2.21 bits per heavy atom. The lowest BCUT2D eigenvalue weighted by Gasteiger charge is -2.60. The van der Waals surface area contributed by atoms with E-state index in [0.29, 0.717) is 6.54 Å². The second-order valence-electron chi connectivity index (χ2n) is 7.60. The van der Waals surface area contributed by atoms with Crippen LogP contribution in [0.1, 0.15) is 45.4 Å². The average molecular weight is 262 g/mol. The van der Waals surface area contributed by atoms with Crippen LogP contribution < -0.4 is 10.6 Å². The SMILES string of the molecule is CCC1(C2C3CC4CC(C3)CC2C4)CNC(=O)CN1. The van der Waals surface area contributed by atoms with Crippen LogP contribution in [0.3, 0.4) is 0 Å². The molecule has 0 radical (unpaired) electrons. The Kier molecular flexibility index (Phi) is 2.70. The van der Waals surface area contributed by atoms with E-state index in [9.17, 15) is 4.79 Å². The number of amides is 1. The molecule has 5 rings (SSSR count). The summed E-state index contributed by atoms with van der Waals surface area (Å²) in [6.45, 7) is 3.68. The summed E-state index contributed by atoms with van der Waals surface area (Å²) in [5.74, 6) is 4.91. The molecule has 2 N–H and O–H groups in total. The van der Waals surface area contributed by atoms with Gasteiger partial charge in [-0.2, -0.15) is 0 Å². The average Bonchev–Trinajstić information content (AvgIpc) is 2.40. The Morgan fingerprint density at radius 2 is 1.74 bits per heavy atom. The van der Waals surface area contributed by atoms with Gasteiger partial charge in [0.2, 0.25) is 5.91 Å². The first-order valence-corrected chi connectivity index (χ1v) is 8.22. The lowest BCUT2D eigenvalue weighted by atomic mass is 9.47. The van der Waals surface area contributed by atoms with Crippen LogP contribution in [0.4, 0.5) is 0 Å². The van der Waals surface area contributed by atoms with Gasteiger partial charge in [-0.1, -0.05) is 6.92 Å². The monoisotopic (exact) mass is 262 g/mol. The molecule has 4 bridgehead atoms. The molecule has 5 aliphatic rings. The van der Waals surface area contributed by atoms with Crippen molar-refractivity contribution in [2.75, 3.05) is 13.1 Å². The number of carbonyl (C=O) groups is 1. The first-order chi connectivity index (χ1) is 9.20. The minimum atomic E-state index is 0.174. The molecule has 0 spiro atoms. The van der Waals surface area contributed by atoms with E-state index in [2.05, 4.69) is 17.6 Å². The van der Waals surface area contributed by atoms with Crippen LogP contribution in [-0.4, -0.2) is 24.5 Å². The van der Waals surface area contributed by atoms with Crippen molar-refractivity contribution in [3.63, 3.8) is 0 Å². The molecule has 4 saturated carbocycles. The fourth-order valence-corrected chi connectivity index (χ4v) is 6.19. The Hall–Kier alpha value is -0.570. The van der Waals surface area contributed by atoms with Crippen LogP contribution in [0.15, 0.2) is 0 Å². The van der Waals surface area contributed by atoms with Gasteiger partial charge in [-0.05, 0) is 68.1 Å². The van der Waals surface area contributed by atoms with E-state index >= 15 is 0 Å². The van der Waals surface area contributed by atoms with Gasteiger partial charge >= 0.3 is 0 Å². The summed E-state index contributed by atoms with van der Waals surface area (Å²) in [5, 5.41) is 6.78. The molecule has 1 amide bonds. The van der Waals surface area contributed by atoms with Crippen molar-refractivity contribution in [3.8, 4) is 0 Å². The van der Waals surface area contributed by atoms with Gasteiger partial charge in [0.05, 0.1) is 6.54 Å². The molecule has 0 aromatic rings. The highest BCUT2D eigenvalue weighted by molar-refractivity contribution is 5.79. The molecule has 19 heavy (non-hydrogen) atoms. The smallest absolute Gasteiger partial charge is 0.234 e. The lowest BCUT2D eigenvalue weighted by Crippen LogP contribution is -2.69. The van der Waals surface area contributed by atoms with E-state index in [1.165, 1.54) is 32.1 Å². The molecule has 1 atom stereocenters. The molecular weight excluding hydrogens is 236 g/mol. The van der Waals surface area contributed by atoms with Gasteiger partial charge in [-0.15, -0.1) is 0 Å². The maximum atomic E-state index is 11.5. The van der Waals surface area contributed by atoms with Gasteiger partial charge in [0.1, 0.15) is 0 Å². The highest BCUT2D eigenvalue weighted by Crippen LogP contribution is 2.59. The van der Waals surface area contributed by atoms with Crippen molar-refractivity contribution in [1.82, 2.24) is 10.6 Å². The number of piperazine rings is 1. The molecule has 1 saturated heterocycles. The second-order valence-corrected chi connectivity index (χ2v) is 7.60. The molecule has 106 valence electrons. The van der Waals surface area contributed by atoms with Gasteiger partial charge in [0.15, 0.2) is 0 Å². The quantitative estimate of drug-likeness (QED) is 0.798. The van der Waals surface area contributed by atoms with E-state index in [1.807, 2.05) is 0 Å². The zero-order valence-electron chi connectivity index (χ0n) is 12.0. The first-order valence-electron chi connectivity index (χ1n) is 8.22. The van der Waals surface area contributed by atoms with Crippen LogP contribution in [0.5, 0.6) is 0 Å². The van der Waals surface area contributed by atoms with Crippen LogP contribution in [0.2, 0.25) is 0 Å². The predicted octanol–water partition coefficient (Wildman–Crippen LogP) is 1.93. The van der Waals surface area contributed by atoms with Crippen LogP contribution in [0, 0.1) is 29.6 Å². The molecule has 1 heterocycles. The van der Waals surface area contributed by atoms with Crippen molar-refractivity contribution < 1.29 is 4.79 Å². The molecule has 1 unspecified atom stereocenters. The van der Waals surface area contributed by atoms with Crippen LogP contribution in [0.25, 0.3) is 0 Å².